The minimum Gasteiger partial charge on any atom is -0.306 e. The van der Waals surface area contributed by atoms with Crippen molar-refractivity contribution >= 4 is 21.6 Å². The number of nitrogens with zero attached hydrogens (tertiary/aromatic N) is 2. The van der Waals surface area contributed by atoms with E-state index in [4.69, 9.17) is 0 Å². The Bertz CT molecular complexity index is 1180. The van der Waals surface area contributed by atoms with E-state index in [1.54, 1.807) is 12.1 Å². The van der Waals surface area contributed by atoms with Gasteiger partial charge in [-0.15, -0.1) is 0 Å². The standard InChI is InChI=1S/C19H15F2N3O3S/c1-11-5-7-12(8-6-11)24-18(13-9-28(26,27)10-16(13)23-24)22-19(25)17-14(20)3-2-4-15(17)21/h2-8H,9-10H2,1H3,(H,22,25). The Hall–Kier alpha value is -3.07. The number of nitrogens with one attached hydrogen (secondary N) is 1. The van der Waals surface area contributed by atoms with Crippen molar-refractivity contribution in [1.29, 1.82) is 0 Å². The van der Waals surface area contributed by atoms with E-state index in [1.165, 1.54) is 4.68 Å². The first-order chi connectivity index (χ1) is 13.2. The zero-order valence-electron chi connectivity index (χ0n) is 14.7. The van der Waals surface area contributed by atoms with E-state index in [-0.39, 0.29) is 17.3 Å². The van der Waals surface area contributed by atoms with Crippen LogP contribution in [-0.4, -0.2) is 24.1 Å². The molecule has 0 unspecified atom stereocenters. The molecule has 0 atom stereocenters. The molecule has 3 aromatic rings. The molecule has 1 aliphatic heterocycles. The van der Waals surface area contributed by atoms with Crippen LogP contribution >= 0.6 is 0 Å². The lowest BCUT2D eigenvalue weighted by atomic mass is 10.1. The fraction of sp³-hybridized carbons (Fsp3) is 0.158. The van der Waals surface area contributed by atoms with Crippen LogP contribution in [0.15, 0.2) is 42.5 Å². The van der Waals surface area contributed by atoms with Crippen LogP contribution in [-0.2, 0) is 21.3 Å². The van der Waals surface area contributed by atoms with Crippen molar-refractivity contribution in [2.45, 2.75) is 18.4 Å². The minimum absolute atomic E-state index is 0.0904. The van der Waals surface area contributed by atoms with Crippen LogP contribution in [0.5, 0.6) is 0 Å². The first kappa shape index (κ1) is 18.3. The minimum atomic E-state index is -3.38. The van der Waals surface area contributed by atoms with Gasteiger partial charge in [0.15, 0.2) is 9.84 Å². The molecule has 1 aliphatic rings. The van der Waals surface area contributed by atoms with Gasteiger partial charge in [-0.05, 0) is 31.2 Å². The summed E-state index contributed by atoms with van der Waals surface area (Å²) in [4.78, 5) is 12.6. The number of halogens is 2. The number of carbonyl (C=O) groups is 1. The molecule has 0 saturated carbocycles. The number of amides is 1. The van der Waals surface area contributed by atoms with Gasteiger partial charge in [0.2, 0.25) is 0 Å². The van der Waals surface area contributed by atoms with Crippen LogP contribution in [0.2, 0.25) is 0 Å². The van der Waals surface area contributed by atoms with Gasteiger partial charge in [0, 0.05) is 5.56 Å². The first-order valence-corrected chi connectivity index (χ1v) is 10.2. The van der Waals surface area contributed by atoms with Crippen LogP contribution in [0.3, 0.4) is 0 Å². The molecule has 9 heteroatoms. The van der Waals surface area contributed by atoms with Gasteiger partial charge in [-0.2, -0.15) is 5.10 Å². The predicted molar refractivity (Wildman–Crippen MR) is 98.9 cm³/mol. The molecule has 0 aliphatic carbocycles. The van der Waals surface area contributed by atoms with Crippen molar-refractivity contribution in [2.75, 3.05) is 5.32 Å². The lowest BCUT2D eigenvalue weighted by Gasteiger charge is -2.12. The predicted octanol–water partition coefficient (Wildman–Crippen LogP) is 3.14. The van der Waals surface area contributed by atoms with E-state index in [0.29, 0.717) is 16.9 Å². The summed E-state index contributed by atoms with van der Waals surface area (Å²) in [5.41, 5.74) is 1.48. The molecular formula is C19H15F2N3O3S. The third kappa shape index (κ3) is 3.18. The molecule has 0 spiro atoms. The highest BCUT2D eigenvalue weighted by Gasteiger charge is 2.33. The Morgan fingerprint density at radius 2 is 1.71 bits per heavy atom. The van der Waals surface area contributed by atoms with E-state index >= 15 is 0 Å². The second-order valence-corrected chi connectivity index (χ2v) is 8.67. The topological polar surface area (TPSA) is 81.1 Å². The SMILES string of the molecule is Cc1ccc(-n2nc3c(c2NC(=O)c2c(F)cccc2F)CS(=O)(=O)C3)cc1. The lowest BCUT2D eigenvalue weighted by Crippen LogP contribution is -2.19. The highest BCUT2D eigenvalue weighted by Crippen LogP contribution is 2.33. The van der Waals surface area contributed by atoms with Crippen LogP contribution in [0.25, 0.3) is 5.69 Å². The summed E-state index contributed by atoms with van der Waals surface area (Å²) >= 11 is 0. The van der Waals surface area contributed by atoms with Crippen LogP contribution < -0.4 is 5.32 Å². The zero-order chi connectivity index (χ0) is 20.1. The number of aryl methyl sites for hydroxylation is 1. The van der Waals surface area contributed by atoms with Crippen molar-refractivity contribution in [3.63, 3.8) is 0 Å². The summed E-state index contributed by atoms with van der Waals surface area (Å²) in [5.74, 6) is -3.50. The molecule has 0 bridgehead atoms. The van der Waals surface area contributed by atoms with Crippen molar-refractivity contribution in [2.24, 2.45) is 0 Å². The van der Waals surface area contributed by atoms with E-state index in [0.717, 1.165) is 23.8 Å². The number of aromatic nitrogens is 2. The molecule has 28 heavy (non-hydrogen) atoms. The summed E-state index contributed by atoms with van der Waals surface area (Å²) in [6, 6.07) is 10.3. The second kappa shape index (κ2) is 6.52. The molecule has 1 amide bonds. The van der Waals surface area contributed by atoms with E-state index in [1.807, 2.05) is 19.1 Å². The molecule has 4 rings (SSSR count). The summed E-state index contributed by atoms with van der Waals surface area (Å²) in [7, 11) is -3.38. The van der Waals surface area contributed by atoms with Gasteiger partial charge < -0.3 is 5.32 Å². The summed E-state index contributed by atoms with van der Waals surface area (Å²) < 4.78 is 53.3. The Kier molecular flexibility index (Phi) is 4.26. The van der Waals surface area contributed by atoms with Gasteiger partial charge in [0.25, 0.3) is 5.91 Å². The number of anilines is 1. The van der Waals surface area contributed by atoms with Crippen molar-refractivity contribution in [3.05, 3.63) is 76.5 Å². The van der Waals surface area contributed by atoms with E-state index in [9.17, 15) is 22.0 Å². The number of benzene rings is 2. The molecule has 2 heterocycles. The van der Waals surface area contributed by atoms with Crippen LogP contribution in [0.1, 0.15) is 27.2 Å². The molecule has 1 N–H and O–H groups in total. The van der Waals surface area contributed by atoms with E-state index in [2.05, 4.69) is 10.4 Å². The molecule has 1 aromatic heterocycles. The monoisotopic (exact) mass is 403 g/mol. The Labute approximate surface area is 159 Å². The number of sulfone groups is 1. The fourth-order valence-electron chi connectivity index (χ4n) is 3.13. The average molecular weight is 403 g/mol. The van der Waals surface area contributed by atoms with Crippen LogP contribution in [0, 0.1) is 18.6 Å². The maximum Gasteiger partial charge on any atom is 0.262 e. The fourth-order valence-corrected chi connectivity index (χ4v) is 4.62. The average Bonchev–Trinajstić information content (AvgIpc) is 3.08. The van der Waals surface area contributed by atoms with Gasteiger partial charge in [-0.1, -0.05) is 23.8 Å². The third-order valence-electron chi connectivity index (χ3n) is 4.49. The zero-order valence-corrected chi connectivity index (χ0v) is 15.6. The van der Waals surface area contributed by atoms with Gasteiger partial charge in [-0.3, -0.25) is 4.79 Å². The summed E-state index contributed by atoms with van der Waals surface area (Å²) in [6.07, 6.45) is 0. The summed E-state index contributed by atoms with van der Waals surface area (Å²) in [5, 5.41) is 6.77. The quantitative estimate of drug-likeness (QED) is 0.729. The van der Waals surface area contributed by atoms with Crippen LogP contribution in [0.4, 0.5) is 14.6 Å². The number of hydrogen-bond acceptors (Lipinski definition) is 4. The van der Waals surface area contributed by atoms with Crippen molar-refractivity contribution < 1.29 is 22.0 Å². The van der Waals surface area contributed by atoms with Crippen molar-refractivity contribution in [1.82, 2.24) is 9.78 Å². The molecule has 144 valence electrons. The Morgan fingerprint density at radius 3 is 2.36 bits per heavy atom. The molecule has 2 aromatic carbocycles. The molecule has 0 radical (unpaired) electrons. The summed E-state index contributed by atoms with van der Waals surface area (Å²) in [6.45, 7) is 1.91. The van der Waals surface area contributed by atoms with Gasteiger partial charge in [0.05, 0.1) is 22.9 Å². The number of fused-ring (bicyclic) bond motifs is 1. The first-order valence-electron chi connectivity index (χ1n) is 8.39. The number of carbonyl (C=O) groups excluding carboxylic acids is 1. The normalized spacial score (nSPS) is 14.7. The number of rotatable bonds is 3. The number of hydrogen-bond donors (Lipinski definition) is 1. The second-order valence-electron chi connectivity index (χ2n) is 6.60. The largest absolute Gasteiger partial charge is 0.306 e. The third-order valence-corrected chi connectivity index (χ3v) is 5.93. The molecule has 6 nitrogen and oxygen atoms in total. The Morgan fingerprint density at radius 1 is 1.07 bits per heavy atom. The van der Waals surface area contributed by atoms with Crippen molar-refractivity contribution in [3.8, 4) is 5.69 Å². The maximum atomic E-state index is 14.0. The van der Waals surface area contributed by atoms with Gasteiger partial charge in [0.1, 0.15) is 23.0 Å². The maximum absolute atomic E-state index is 14.0. The van der Waals surface area contributed by atoms with E-state index < -0.39 is 32.9 Å². The lowest BCUT2D eigenvalue weighted by molar-refractivity contribution is 0.101. The highest BCUT2D eigenvalue weighted by molar-refractivity contribution is 7.90. The smallest absolute Gasteiger partial charge is 0.262 e. The molecular weight excluding hydrogens is 388 g/mol. The highest BCUT2D eigenvalue weighted by atomic mass is 32.2. The Balaban J connectivity index is 1.81. The molecule has 0 fully saturated rings. The van der Waals surface area contributed by atoms with Gasteiger partial charge >= 0.3 is 0 Å². The van der Waals surface area contributed by atoms with Gasteiger partial charge in [-0.25, -0.2) is 21.9 Å². The molecule has 0 saturated heterocycles.